The van der Waals surface area contributed by atoms with Gasteiger partial charge in [-0.3, -0.25) is 4.90 Å². The van der Waals surface area contributed by atoms with E-state index < -0.39 is 6.03 Å². The molecule has 0 aromatic heterocycles. The van der Waals surface area contributed by atoms with E-state index in [1.807, 2.05) is 24.3 Å². The van der Waals surface area contributed by atoms with Crippen molar-refractivity contribution in [1.29, 1.82) is 0 Å². The molecule has 0 fully saturated rings. The molecular formula is C16H15ClN2O3. The average molecular weight is 319 g/mol. The van der Waals surface area contributed by atoms with E-state index in [4.69, 9.17) is 26.8 Å². The lowest BCUT2D eigenvalue weighted by atomic mass is 10.2. The number of carbonyl (C=O) groups excluding carboxylic acids is 1. The predicted octanol–water partition coefficient (Wildman–Crippen LogP) is 3.07. The molecule has 1 heterocycles. The van der Waals surface area contributed by atoms with Crippen LogP contribution < -0.4 is 20.1 Å². The number of amides is 2. The number of benzene rings is 2. The van der Waals surface area contributed by atoms with Crippen LogP contribution in [0, 0.1) is 0 Å². The Bertz CT molecular complexity index is 675. The number of para-hydroxylation sites is 2. The van der Waals surface area contributed by atoms with E-state index in [9.17, 15) is 4.79 Å². The molecule has 2 amide bonds. The van der Waals surface area contributed by atoms with Gasteiger partial charge in [-0.25, -0.2) is 4.79 Å². The Balaban J connectivity index is 1.75. The van der Waals surface area contributed by atoms with Crippen LogP contribution in [0.2, 0.25) is 5.02 Å². The van der Waals surface area contributed by atoms with E-state index in [0.717, 1.165) is 0 Å². The van der Waals surface area contributed by atoms with E-state index in [1.54, 1.807) is 24.3 Å². The number of urea groups is 1. The number of ether oxygens (including phenoxy) is 2. The lowest BCUT2D eigenvalue weighted by Crippen LogP contribution is -2.46. The summed E-state index contributed by atoms with van der Waals surface area (Å²) in [5.74, 6) is 1.37. The van der Waals surface area contributed by atoms with Crippen molar-refractivity contribution in [2.45, 2.75) is 6.10 Å². The zero-order valence-corrected chi connectivity index (χ0v) is 12.5. The number of nitrogens with two attached hydrogens (primary N) is 1. The van der Waals surface area contributed by atoms with E-state index in [0.29, 0.717) is 35.4 Å². The van der Waals surface area contributed by atoms with Gasteiger partial charge in [0, 0.05) is 10.7 Å². The normalized spacial score (nSPS) is 16.1. The van der Waals surface area contributed by atoms with Gasteiger partial charge < -0.3 is 15.2 Å². The number of nitrogens with zero attached hydrogens (tertiary/aromatic N) is 1. The van der Waals surface area contributed by atoms with E-state index in [2.05, 4.69) is 0 Å². The van der Waals surface area contributed by atoms with Crippen LogP contribution in [-0.4, -0.2) is 25.3 Å². The van der Waals surface area contributed by atoms with Gasteiger partial charge >= 0.3 is 6.03 Å². The van der Waals surface area contributed by atoms with Crippen molar-refractivity contribution in [3.05, 3.63) is 53.6 Å². The number of rotatable bonds is 3. The van der Waals surface area contributed by atoms with E-state index in [1.165, 1.54) is 4.90 Å². The molecule has 2 aromatic carbocycles. The van der Waals surface area contributed by atoms with Crippen LogP contribution in [0.1, 0.15) is 0 Å². The Hall–Kier alpha value is -2.40. The first-order valence-electron chi connectivity index (χ1n) is 6.84. The fraction of sp³-hybridized carbons (Fsp3) is 0.188. The van der Waals surface area contributed by atoms with Gasteiger partial charge in [0.05, 0.1) is 6.54 Å². The molecule has 22 heavy (non-hydrogen) atoms. The zero-order valence-electron chi connectivity index (χ0n) is 11.7. The number of halogens is 1. The van der Waals surface area contributed by atoms with Crippen LogP contribution in [0.5, 0.6) is 11.5 Å². The number of anilines is 1. The van der Waals surface area contributed by atoms with Crippen molar-refractivity contribution in [1.82, 2.24) is 0 Å². The van der Waals surface area contributed by atoms with Gasteiger partial charge in [-0.1, -0.05) is 23.7 Å². The second-order valence-corrected chi connectivity index (χ2v) is 5.36. The Kier molecular flexibility index (Phi) is 4.06. The molecule has 5 nitrogen and oxygen atoms in total. The van der Waals surface area contributed by atoms with Crippen LogP contribution in [-0.2, 0) is 0 Å². The summed E-state index contributed by atoms with van der Waals surface area (Å²) in [5.41, 5.74) is 6.14. The summed E-state index contributed by atoms with van der Waals surface area (Å²) in [6, 6.07) is 13.8. The molecule has 1 aliphatic rings. The standard InChI is InChI=1S/C16H15ClN2O3/c17-11-5-7-12(8-6-11)19(16(18)20)9-13-10-21-14-3-1-2-4-15(14)22-13/h1-8,13H,9-10H2,(H2,18,20). The molecule has 1 atom stereocenters. The van der Waals surface area contributed by atoms with E-state index >= 15 is 0 Å². The molecule has 2 aromatic rings. The van der Waals surface area contributed by atoms with Crippen molar-refractivity contribution in [2.24, 2.45) is 5.73 Å². The van der Waals surface area contributed by atoms with Crippen LogP contribution >= 0.6 is 11.6 Å². The third-order valence-corrected chi connectivity index (χ3v) is 3.61. The summed E-state index contributed by atoms with van der Waals surface area (Å²) < 4.78 is 11.5. The smallest absolute Gasteiger partial charge is 0.319 e. The molecule has 0 bridgehead atoms. The van der Waals surface area contributed by atoms with Gasteiger partial charge in [0.2, 0.25) is 0 Å². The average Bonchev–Trinajstić information content (AvgIpc) is 2.53. The number of hydrogen-bond acceptors (Lipinski definition) is 3. The Labute approximate surface area is 133 Å². The minimum absolute atomic E-state index is 0.293. The molecule has 0 aliphatic carbocycles. The maximum absolute atomic E-state index is 11.7. The highest BCUT2D eigenvalue weighted by molar-refractivity contribution is 6.30. The third kappa shape index (κ3) is 3.09. The maximum atomic E-state index is 11.7. The molecule has 0 radical (unpaired) electrons. The number of fused-ring (bicyclic) bond motifs is 1. The molecular weight excluding hydrogens is 304 g/mol. The van der Waals surface area contributed by atoms with Crippen LogP contribution in [0.4, 0.5) is 10.5 Å². The number of primary amides is 1. The van der Waals surface area contributed by atoms with Crippen molar-refractivity contribution < 1.29 is 14.3 Å². The number of hydrogen-bond donors (Lipinski definition) is 1. The molecule has 1 unspecified atom stereocenters. The van der Waals surface area contributed by atoms with Crippen molar-refractivity contribution in [2.75, 3.05) is 18.1 Å². The minimum atomic E-state index is -0.551. The topological polar surface area (TPSA) is 64.8 Å². The maximum Gasteiger partial charge on any atom is 0.319 e. The Morgan fingerprint density at radius 1 is 1.18 bits per heavy atom. The molecule has 1 aliphatic heterocycles. The molecule has 0 saturated carbocycles. The Morgan fingerprint density at radius 2 is 1.86 bits per heavy atom. The van der Waals surface area contributed by atoms with Crippen LogP contribution in [0.25, 0.3) is 0 Å². The fourth-order valence-electron chi connectivity index (χ4n) is 2.30. The lowest BCUT2D eigenvalue weighted by molar-refractivity contribution is 0.0961. The first-order valence-corrected chi connectivity index (χ1v) is 7.22. The monoisotopic (exact) mass is 318 g/mol. The van der Waals surface area contributed by atoms with Gasteiger partial charge in [0.1, 0.15) is 6.61 Å². The zero-order chi connectivity index (χ0) is 15.5. The quantitative estimate of drug-likeness (QED) is 0.946. The summed E-state index contributed by atoms with van der Waals surface area (Å²) in [5, 5.41) is 0.597. The molecule has 3 rings (SSSR count). The van der Waals surface area contributed by atoms with Crippen LogP contribution in [0.15, 0.2) is 48.5 Å². The van der Waals surface area contributed by atoms with E-state index in [-0.39, 0.29) is 6.10 Å². The predicted molar refractivity (Wildman–Crippen MR) is 84.7 cm³/mol. The van der Waals surface area contributed by atoms with Gasteiger partial charge in [-0.2, -0.15) is 0 Å². The highest BCUT2D eigenvalue weighted by atomic mass is 35.5. The highest BCUT2D eigenvalue weighted by Crippen LogP contribution is 2.31. The summed E-state index contributed by atoms with van der Waals surface area (Å²) in [4.78, 5) is 13.2. The molecule has 114 valence electrons. The van der Waals surface area contributed by atoms with Crippen molar-refractivity contribution in [3.8, 4) is 11.5 Å². The fourth-order valence-corrected chi connectivity index (χ4v) is 2.43. The first kappa shape index (κ1) is 14.5. The van der Waals surface area contributed by atoms with Gasteiger partial charge in [0.15, 0.2) is 17.6 Å². The first-order chi connectivity index (χ1) is 10.6. The second-order valence-electron chi connectivity index (χ2n) is 4.92. The summed E-state index contributed by atoms with van der Waals surface area (Å²) in [6.07, 6.45) is -0.293. The third-order valence-electron chi connectivity index (χ3n) is 3.36. The second kappa shape index (κ2) is 6.15. The van der Waals surface area contributed by atoms with Gasteiger partial charge in [-0.05, 0) is 36.4 Å². The van der Waals surface area contributed by atoms with Crippen LogP contribution in [0.3, 0.4) is 0 Å². The molecule has 6 heteroatoms. The highest BCUT2D eigenvalue weighted by Gasteiger charge is 2.25. The van der Waals surface area contributed by atoms with Gasteiger partial charge in [-0.15, -0.1) is 0 Å². The SMILES string of the molecule is NC(=O)N(CC1COc2ccccc2O1)c1ccc(Cl)cc1. The lowest BCUT2D eigenvalue weighted by Gasteiger charge is -2.30. The van der Waals surface area contributed by atoms with Gasteiger partial charge in [0.25, 0.3) is 0 Å². The van der Waals surface area contributed by atoms with Crippen molar-refractivity contribution >= 4 is 23.3 Å². The molecule has 0 saturated heterocycles. The summed E-state index contributed by atoms with van der Waals surface area (Å²) >= 11 is 5.86. The Morgan fingerprint density at radius 3 is 2.55 bits per heavy atom. The number of carbonyl (C=O) groups is 1. The summed E-state index contributed by atoms with van der Waals surface area (Å²) in [6.45, 7) is 0.652. The minimum Gasteiger partial charge on any atom is -0.486 e. The summed E-state index contributed by atoms with van der Waals surface area (Å²) in [7, 11) is 0. The molecule has 0 spiro atoms. The molecule has 2 N–H and O–H groups in total. The largest absolute Gasteiger partial charge is 0.486 e. The van der Waals surface area contributed by atoms with Crippen molar-refractivity contribution in [3.63, 3.8) is 0 Å².